The number of fused-ring (bicyclic) bond motifs is 2. The van der Waals surface area contributed by atoms with Crippen LogP contribution in [0.5, 0.6) is 0 Å². The Kier molecular flexibility index (Phi) is 5.26. The molecule has 2 amide bonds. The van der Waals surface area contributed by atoms with Gasteiger partial charge in [-0.05, 0) is 55.9 Å². The Bertz CT molecular complexity index is 1100. The Labute approximate surface area is 183 Å². The maximum Gasteiger partial charge on any atom is 0.270 e. The second-order valence-electron chi connectivity index (χ2n) is 8.78. The van der Waals surface area contributed by atoms with E-state index in [2.05, 4.69) is 53.2 Å². The summed E-state index contributed by atoms with van der Waals surface area (Å²) in [5.74, 6) is 0.209. The van der Waals surface area contributed by atoms with E-state index in [1.807, 2.05) is 23.1 Å². The Hall–Kier alpha value is -3.08. The van der Waals surface area contributed by atoms with Gasteiger partial charge in [0.05, 0.1) is 0 Å². The highest BCUT2D eigenvalue weighted by molar-refractivity contribution is 5.99. The molecule has 31 heavy (non-hydrogen) atoms. The topological polar surface area (TPSA) is 54.3 Å². The number of piperidine rings is 1. The number of hydrogen-bond donors (Lipinski definition) is 1. The summed E-state index contributed by atoms with van der Waals surface area (Å²) in [6, 6.07) is 18.8. The summed E-state index contributed by atoms with van der Waals surface area (Å²) >= 11 is 0. The van der Waals surface area contributed by atoms with Crippen LogP contribution in [0.2, 0.25) is 0 Å². The number of aromatic nitrogens is 1. The van der Waals surface area contributed by atoms with E-state index in [9.17, 15) is 9.59 Å². The molecule has 1 fully saturated rings. The third kappa shape index (κ3) is 3.73. The minimum atomic E-state index is -0.00945. The molecular formula is C26H29N3O2. The van der Waals surface area contributed by atoms with Gasteiger partial charge in [-0.1, -0.05) is 42.5 Å². The second kappa shape index (κ2) is 8.22. The van der Waals surface area contributed by atoms with Gasteiger partial charge in [0.25, 0.3) is 5.91 Å². The highest BCUT2D eigenvalue weighted by atomic mass is 16.2. The number of hydrogen-bond acceptors (Lipinski definition) is 2. The first kappa shape index (κ1) is 19.9. The van der Waals surface area contributed by atoms with E-state index in [1.54, 1.807) is 0 Å². The molecule has 1 saturated heterocycles. The van der Waals surface area contributed by atoms with Crippen LogP contribution in [-0.4, -0.2) is 40.4 Å². The molecule has 0 atom stereocenters. The molecule has 0 unspecified atom stereocenters. The lowest BCUT2D eigenvalue weighted by Crippen LogP contribution is -2.45. The fourth-order valence-corrected chi connectivity index (χ4v) is 5.21. The number of likely N-dealkylation sites (tertiary alicyclic amines) is 1. The van der Waals surface area contributed by atoms with Gasteiger partial charge in [0.1, 0.15) is 5.69 Å². The monoisotopic (exact) mass is 415 g/mol. The van der Waals surface area contributed by atoms with E-state index in [1.165, 1.54) is 11.1 Å². The maximum absolute atomic E-state index is 13.2. The molecule has 1 aromatic heterocycles. The van der Waals surface area contributed by atoms with Crippen LogP contribution in [-0.2, 0) is 24.2 Å². The Morgan fingerprint density at radius 2 is 1.61 bits per heavy atom. The zero-order valence-electron chi connectivity index (χ0n) is 18.0. The molecule has 1 aliphatic carbocycles. The Morgan fingerprint density at radius 3 is 2.29 bits per heavy atom. The number of para-hydroxylation sites is 1. The molecular weight excluding hydrogens is 386 g/mol. The fraction of sp³-hybridized carbons (Fsp3) is 0.385. The van der Waals surface area contributed by atoms with Gasteiger partial charge in [-0.2, -0.15) is 0 Å². The average molecular weight is 416 g/mol. The number of rotatable bonds is 4. The minimum absolute atomic E-state index is 0.00945. The van der Waals surface area contributed by atoms with Crippen LogP contribution in [0.15, 0.2) is 54.6 Å². The lowest BCUT2D eigenvalue weighted by molar-refractivity contribution is -0.126. The van der Waals surface area contributed by atoms with Gasteiger partial charge < -0.3 is 14.8 Å². The highest BCUT2D eigenvalue weighted by Crippen LogP contribution is 2.25. The minimum Gasteiger partial charge on any atom is -0.352 e. The van der Waals surface area contributed by atoms with Crippen molar-refractivity contribution < 1.29 is 9.59 Å². The van der Waals surface area contributed by atoms with Gasteiger partial charge in [-0.25, -0.2) is 0 Å². The van der Waals surface area contributed by atoms with Crippen molar-refractivity contribution in [1.82, 2.24) is 14.8 Å². The smallest absolute Gasteiger partial charge is 0.270 e. The summed E-state index contributed by atoms with van der Waals surface area (Å²) in [6.45, 7) is 4.10. The van der Waals surface area contributed by atoms with E-state index in [0.717, 1.165) is 48.8 Å². The van der Waals surface area contributed by atoms with Crippen molar-refractivity contribution in [2.75, 3.05) is 13.1 Å². The molecule has 5 rings (SSSR count). The molecule has 1 N–H and O–H groups in total. The molecule has 3 aromatic rings. The lowest BCUT2D eigenvalue weighted by atomic mass is 9.95. The zero-order chi connectivity index (χ0) is 21.4. The summed E-state index contributed by atoms with van der Waals surface area (Å²) in [5, 5.41) is 4.36. The van der Waals surface area contributed by atoms with Gasteiger partial charge in [-0.3, -0.25) is 9.59 Å². The summed E-state index contributed by atoms with van der Waals surface area (Å²) in [5.41, 5.74) is 4.54. The Balaban J connectivity index is 1.20. The van der Waals surface area contributed by atoms with E-state index >= 15 is 0 Å². The third-order valence-electron chi connectivity index (χ3n) is 6.90. The van der Waals surface area contributed by atoms with Crippen molar-refractivity contribution in [3.05, 3.63) is 71.4 Å². The van der Waals surface area contributed by atoms with Crippen LogP contribution in [0, 0.1) is 5.92 Å². The molecule has 0 radical (unpaired) electrons. The molecule has 0 saturated carbocycles. The normalized spacial score (nSPS) is 17.1. The molecule has 2 heterocycles. The number of amides is 2. The predicted octanol–water partition coefficient (Wildman–Crippen LogP) is 3.80. The van der Waals surface area contributed by atoms with Crippen molar-refractivity contribution in [2.45, 2.75) is 45.2 Å². The summed E-state index contributed by atoms with van der Waals surface area (Å²) in [7, 11) is 0. The highest BCUT2D eigenvalue weighted by Gasteiger charge is 2.31. The quantitative estimate of drug-likeness (QED) is 0.705. The van der Waals surface area contributed by atoms with Gasteiger partial charge in [0, 0.05) is 42.5 Å². The van der Waals surface area contributed by atoms with Gasteiger partial charge in [0.15, 0.2) is 0 Å². The van der Waals surface area contributed by atoms with E-state index in [-0.39, 0.29) is 23.8 Å². The van der Waals surface area contributed by atoms with E-state index in [4.69, 9.17) is 0 Å². The number of carbonyl (C=O) groups excluding carboxylic acids is 2. The molecule has 2 aromatic carbocycles. The van der Waals surface area contributed by atoms with E-state index < -0.39 is 0 Å². The van der Waals surface area contributed by atoms with Gasteiger partial charge >= 0.3 is 0 Å². The largest absolute Gasteiger partial charge is 0.352 e. The van der Waals surface area contributed by atoms with Crippen molar-refractivity contribution in [3.63, 3.8) is 0 Å². The molecule has 160 valence electrons. The maximum atomic E-state index is 13.2. The van der Waals surface area contributed by atoms with Gasteiger partial charge in [0.2, 0.25) is 5.91 Å². The molecule has 5 nitrogen and oxygen atoms in total. The molecule has 1 aliphatic heterocycles. The number of benzene rings is 2. The first-order chi connectivity index (χ1) is 15.1. The first-order valence-corrected chi connectivity index (χ1v) is 11.4. The molecule has 0 spiro atoms. The zero-order valence-corrected chi connectivity index (χ0v) is 18.0. The van der Waals surface area contributed by atoms with Gasteiger partial charge in [-0.15, -0.1) is 0 Å². The van der Waals surface area contributed by atoms with Crippen LogP contribution in [0.4, 0.5) is 0 Å². The lowest BCUT2D eigenvalue weighted by Gasteiger charge is -2.32. The standard InChI is InChI=1S/C26H29N3O2/c1-2-29-23-10-6-5-9-21(23)17-24(29)26(31)28-13-11-18(12-14-28)25(30)27-22-15-19-7-3-4-8-20(19)16-22/h3-10,17-18,22H,2,11-16H2,1H3,(H,27,30). The number of aryl methyl sites for hydroxylation is 1. The van der Waals surface area contributed by atoms with E-state index in [0.29, 0.717) is 13.1 Å². The van der Waals surface area contributed by atoms with Crippen molar-refractivity contribution in [2.24, 2.45) is 5.92 Å². The number of carbonyl (C=O) groups is 2. The summed E-state index contributed by atoms with van der Waals surface area (Å²) in [6.07, 6.45) is 3.29. The molecule has 2 aliphatic rings. The van der Waals surface area contributed by atoms with Crippen LogP contribution in [0.25, 0.3) is 10.9 Å². The van der Waals surface area contributed by atoms with Crippen LogP contribution >= 0.6 is 0 Å². The molecule has 0 bridgehead atoms. The van der Waals surface area contributed by atoms with Crippen molar-refractivity contribution in [1.29, 1.82) is 0 Å². The second-order valence-corrected chi connectivity index (χ2v) is 8.78. The van der Waals surface area contributed by atoms with Crippen LogP contribution in [0.1, 0.15) is 41.4 Å². The first-order valence-electron chi connectivity index (χ1n) is 11.4. The number of nitrogens with one attached hydrogen (secondary N) is 1. The fourth-order valence-electron chi connectivity index (χ4n) is 5.21. The van der Waals surface area contributed by atoms with Crippen molar-refractivity contribution >= 4 is 22.7 Å². The Morgan fingerprint density at radius 1 is 0.968 bits per heavy atom. The summed E-state index contributed by atoms with van der Waals surface area (Å²) in [4.78, 5) is 28.0. The third-order valence-corrected chi connectivity index (χ3v) is 6.90. The summed E-state index contributed by atoms with van der Waals surface area (Å²) < 4.78 is 2.09. The van der Waals surface area contributed by atoms with Crippen LogP contribution < -0.4 is 5.32 Å². The number of nitrogens with zero attached hydrogens (tertiary/aromatic N) is 2. The van der Waals surface area contributed by atoms with Crippen LogP contribution in [0.3, 0.4) is 0 Å². The average Bonchev–Trinajstić information content (AvgIpc) is 3.39. The molecule has 5 heteroatoms. The predicted molar refractivity (Wildman–Crippen MR) is 122 cm³/mol. The van der Waals surface area contributed by atoms with Crippen molar-refractivity contribution in [3.8, 4) is 0 Å². The SMILES string of the molecule is CCn1c(C(=O)N2CCC(C(=O)NC3Cc4ccccc4C3)CC2)cc2ccccc21.